The van der Waals surface area contributed by atoms with Gasteiger partial charge in [-0.05, 0) is 29.2 Å². The molecule has 0 amide bonds. The summed E-state index contributed by atoms with van der Waals surface area (Å²) in [5, 5.41) is 9.73. The molecular weight excluding hydrogens is 458 g/mol. The van der Waals surface area contributed by atoms with Gasteiger partial charge in [-0.25, -0.2) is 10.9 Å². The van der Waals surface area contributed by atoms with Crippen LogP contribution in [0, 0.1) is 6.92 Å². The highest BCUT2D eigenvalue weighted by molar-refractivity contribution is 5.74. The Morgan fingerprint density at radius 2 is 1.75 bits per heavy atom. The van der Waals surface area contributed by atoms with Gasteiger partial charge in [-0.2, -0.15) is 0 Å². The molecule has 0 aromatic heterocycles. The van der Waals surface area contributed by atoms with Crippen LogP contribution in [-0.2, 0) is 17.9 Å². The van der Waals surface area contributed by atoms with Crippen molar-refractivity contribution in [2.45, 2.75) is 38.2 Å². The summed E-state index contributed by atoms with van der Waals surface area (Å²) in [6.45, 7) is 3.46. The molecule has 8 heteroatoms. The molecule has 1 spiro atoms. The average Bonchev–Trinajstić information content (AvgIpc) is 3.55. The summed E-state index contributed by atoms with van der Waals surface area (Å²) in [5.74, 6) is 0.977. The molecular formula is C28H31N3O5. The van der Waals surface area contributed by atoms with Crippen molar-refractivity contribution in [2.75, 3.05) is 20.8 Å². The van der Waals surface area contributed by atoms with Crippen LogP contribution in [0.1, 0.15) is 23.1 Å². The fraction of sp³-hybridized carbons (Fsp3) is 0.321. The van der Waals surface area contributed by atoms with E-state index in [4.69, 9.17) is 14.2 Å². The highest BCUT2D eigenvalue weighted by atomic mass is 16.5. The van der Waals surface area contributed by atoms with Crippen molar-refractivity contribution in [2.24, 2.45) is 0 Å². The van der Waals surface area contributed by atoms with E-state index in [1.54, 1.807) is 14.2 Å². The molecule has 2 aliphatic rings. The molecule has 8 nitrogen and oxygen atoms in total. The lowest BCUT2D eigenvalue weighted by atomic mass is 9.97. The Labute approximate surface area is 210 Å². The smallest absolute Gasteiger partial charge is 0.321 e. The van der Waals surface area contributed by atoms with Crippen molar-refractivity contribution in [3.05, 3.63) is 77.4 Å². The molecule has 2 aliphatic heterocycles. The summed E-state index contributed by atoms with van der Waals surface area (Å²) >= 11 is 0. The molecule has 3 aromatic rings. The Kier molecular flexibility index (Phi) is 6.57. The lowest BCUT2D eigenvalue weighted by molar-refractivity contribution is -0.142. The zero-order chi connectivity index (χ0) is 25.3. The van der Waals surface area contributed by atoms with Gasteiger partial charge >= 0.3 is 5.97 Å². The second-order valence-corrected chi connectivity index (χ2v) is 9.35. The first kappa shape index (κ1) is 24.1. The predicted octanol–water partition coefficient (Wildman–Crippen LogP) is 3.72. The third-order valence-electron chi connectivity index (χ3n) is 7.09. The third-order valence-corrected chi connectivity index (χ3v) is 7.09. The number of methoxy groups -OCH3 is 2. The minimum Gasteiger partial charge on any atom is -0.496 e. The molecule has 0 radical (unpaired) electrons. The normalized spacial score (nSPS) is 18.2. The maximum absolute atomic E-state index is 11.9. The first-order valence-corrected chi connectivity index (χ1v) is 12.0. The molecule has 3 N–H and O–H groups in total. The summed E-state index contributed by atoms with van der Waals surface area (Å²) in [6.07, 6.45) is 0.496. The van der Waals surface area contributed by atoms with Gasteiger partial charge in [0, 0.05) is 31.6 Å². The van der Waals surface area contributed by atoms with Crippen molar-refractivity contribution in [3.8, 4) is 28.4 Å². The maximum atomic E-state index is 11.9. The molecule has 2 saturated heterocycles. The van der Waals surface area contributed by atoms with Crippen LogP contribution in [-0.4, -0.2) is 48.4 Å². The Bertz CT molecular complexity index is 1230. The number of hydrazine groups is 1. The van der Waals surface area contributed by atoms with E-state index < -0.39 is 12.0 Å². The minimum atomic E-state index is -0.839. The number of nitrogens with one attached hydrogen (secondary N) is 2. The van der Waals surface area contributed by atoms with E-state index in [0.29, 0.717) is 43.4 Å². The number of ether oxygens (including phenoxy) is 3. The molecule has 2 heterocycles. The molecule has 5 rings (SSSR count). The van der Waals surface area contributed by atoms with Gasteiger partial charge in [0.05, 0.1) is 19.8 Å². The van der Waals surface area contributed by atoms with Crippen molar-refractivity contribution >= 4 is 5.97 Å². The third kappa shape index (κ3) is 4.75. The van der Waals surface area contributed by atoms with Crippen molar-refractivity contribution in [1.29, 1.82) is 0 Å². The molecule has 0 saturated carbocycles. The van der Waals surface area contributed by atoms with Gasteiger partial charge in [-0.3, -0.25) is 9.69 Å². The highest BCUT2D eigenvalue weighted by Gasteiger charge is 2.54. The SMILES string of the molecule is COc1cc(OCc2cccc(-c3ccccc3)c2C)cc(OC)c1CN1CC2(C[C@H]1C(=O)O)NN2. The molecule has 2 fully saturated rings. The van der Waals surface area contributed by atoms with Crippen LogP contribution >= 0.6 is 0 Å². The number of benzene rings is 3. The summed E-state index contributed by atoms with van der Waals surface area (Å²) in [4.78, 5) is 13.8. The molecule has 188 valence electrons. The lowest BCUT2D eigenvalue weighted by Gasteiger charge is -2.24. The van der Waals surface area contributed by atoms with E-state index >= 15 is 0 Å². The van der Waals surface area contributed by atoms with Gasteiger partial charge in [0.15, 0.2) is 0 Å². The Hall–Kier alpha value is -3.59. The first-order valence-electron chi connectivity index (χ1n) is 12.0. The second-order valence-electron chi connectivity index (χ2n) is 9.35. The average molecular weight is 490 g/mol. The molecule has 0 bridgehead atoms. The molecule has 0 aliphatic carbocycles. The van der Waals surface area contributed by atoms with Gasteiger partial charge in [-0.15, -0.1) is 0 Å². The predicted molar refractivity (Wildman–Crippen MR) is 136 cm³/mol. The van der Waals surface area contributed by atoms with Gasteiger partial charge in [0.25, 0.3) is 0 Å². The summed E-state index contributed by atoms with van der Waals surface area (Å²) < 4.78 is 17.6. The fourth-order valence-corrected chi connectivity index (χ4v) is 4.99. The van der Waals surface area contributed by atoms with E-state index in [1.807, 2.05) is 41.3 Å². The van der Waals surface area contributed by atoms with E-state index in [-0.39, 0.29) is 5.66 Å². The van der Waals surface area contributed by atoms with Crippen molar-refractivity contribution in [1.82, 2.24) is 15.8 Å². The second kappa shape index (κ2) is 9.81. The molecule has 1 atom stereocenters. The number of hydrogen-bond donors (Lipinski definition) is 3. The quantitative estimate of drug-likeness (QED) is 0.390. The van der Waals surface area contributed by atoms with Crippen LogP contribution in [0.5, 0.6) is 17.2 Å². The van der Waals surface area contributed by atoms with Crippen LogP contribution < -0.4 is 25.1 Å². The first-order chi connectivity index (χ1) is 17.4. The molecule has 0 unspecified atom stereocenters. The van der Waals surface area contributed by atoms with E-state index in [0.717, 1.165) is 11.1 Å². The molecule has 3 aromatic carbocycles. The van der Waals surface area contributed by atoms with Crippen molar-refractivity contribution < 1.29 is 24.1 Å². The number of carboxylic acid groups (broad SMARTS) is 1. The van der Waals surface area contributed by atoms with Gasteiger partial charge in [0.2, 0.25) is 0 Å². The van der Waals surface area contributed by atoms with Gasteiger partial charge in [0.1, 0.15) is 35.6 Å². The fourth-order valence-electron chi connectivity index (χ4n) is 4.99. The number of carbonyl (C=O) groups is 1. The van der Waals surface area contributed by atoms with Crippen LogP contribution in [0.15, 0.2) is 60.7 Å². The summed E-state index contributed by atoms with van der Waals surface area (Å²) in [6, 6.07) is 19.6. The standard InChI is InChI=1S/C28H31N3O5/c1-18-20(10-7-11-22(18)19-8-5-4-6-9-19)16-36-21-12-25(34-2)23(26(13-21)35-3)15-31-17-28(29-30-28)14-24(31)27(32)33/h4-13,24,29-30H,14-17H2,1-3H3,(H,32,33)/t24-/m0/s1. The van der Waals surface area contributed by atoms with Gasteiger partial charge < -0.3 is 19.3 Å². The van der Waals surface area contributed by atoms with Crippen LogP contribution in [0.4, 0.5) is 0 Å². The highest BCUT2D eigenvalue weighted by Crippen LogP contribution is 2.39. The monoisotopic (exact) mass is 489 g/mol. The van der Waals surface area contributed by atoms with E-state index in [1.165, 1.54) is 16.7 Å². The van der Waals surface area contributed by atoms with Crippen LogP contribution in [0.3, 0.4) is 0 Å². The number of aliphatic carboxylic acids is 1. The number of hydrogen-bond acceptors (Lipinski definition) is 7. The zero-order valence-electron chi connectivity index (χ0n) is 20.7. The van der Waals surface area contributed by atoms with Crippen LogP contribution in [0.2, 0.25) is 0 Å². The lowest BCUT2D eigenvalue weighted by Crippen LogP contribution is -2.35. The maximum Gasteiger partial charge on any atom is 0.321 e. The number of rotatable bonds is 9. The van der Waals surface area contributed by atoms with Gasteiger partial charge in [-0.1, -0.05) is 48.5 Å². The summed E-state index contributed by atoms with van der Waals surface area (Å²) in [7, 11) is 3.19. The number of nitrogens with zero attached hydrogens (tertiary/aromatic N) is 1. The Morgan fingerprint density at radius 1 is 1.06 bits per heavy atom. The summed E-state index contributed by atoms with van der Waals surface area (Å²) in [5.41, 5.74) is 11.3. The van der Waals surface area contributed by atoms with Crippen LogP contribution in [0.25, 0.3) is 11.1 Å². The molecule has 36 heavy (non-hydrogen) atoms. The Morgan fingerprint density at radius 3 is 2.36 bits per heavy atom. The number of carboxylic acids is 1. The topological polar surface area (TPSA) is 112 Å². The van der Waals surface area contributed by atoms with Crippen molar-refractivity contribution in [3.63, 3.8) is 0 Å². The zero-order valence-corrected chi connectivity index (χ0v) is 20.7. The number of likely N-dealkylation sites (tertiary alicyclic amines) is 1. The van der Waals surface area contributed by atoms with E-state index in [9.17, 15) is 9.90 Å². The van der Waals surface area contributed by atoms with E-state index in [2.05, 4.69) is 42.0 Å². The Balaban J connectivity index is 1.36. The minimum absolute atomic E-state index is 0.321. The largest absolute Gasteiger partial charge is 0.496 e.